The smallest absolute Gasteiger partial charge is 0.322 e. The van der Waals surface area contributed by atoms with Crippen LogP contribution in [0.3, 0.4) is 0 Å². The molecule has 4 N–H and O–H groups in total. The molecule has 0 fully saturated rings. The van der Waals surface area contributed by atoms with E-state index in [1.54, 1.807) is 6.92 Å². The molecule has 13 heteroatoms. The van der Waals surface area contributed by atoms with Crippen LogP contribution in [-0.4, -0.2) is 28.2 Å². The zero-order chi connectivity index (χ0) is 21.6. The molecule has 3 aromatic rings. The fraction of sp³-hybridized carbons (Fsp3) is 0.176. The van der Waals surface area contributed by atoms with Crippen LogP contribution in [0.4, 0.5) is 21.7 Å². The Kier molecular flexibility index (Phi) is 4.43. The van der Waals surface area contributed by atoms with Crippen molar-refractivity contribution >= 4 is 27.5 Å². The summed E-state index contributed by atoms with van der Waals surface area (Å²) in [5.41, 5.74) is 6.45. The van der Waals surface area contributed by atoms with E-state index in [2.05, 4.69) is 24.5 Å². The van der Waals surface area contributed by atoms with Gasteiger partial charge in [-0.1, -0.05) is 0 Å². The van der Waals surface area contributed by atoms with Crippen LogP contribution < -0.4 is 19.9 Å². The van der Waals surface area contributed by atoms with Crippen molar-refractivity contribution in [1.29, 1.82) is 5.26 Å². The molecule has 0 saturated carbocycles. The molecule has 2 aromatic heterocycles. The predicted molar refractivity (Wildman–Crippen MR) is 105 cm³/mol. The van der Waals surface area contributed by atoms with Crippen LogP contribution in [0.1, 0.15) is 24.3 Å². The summed E-state index contributed by atoms with van der Waals surface area (Å²) in [4.78, 5) is 8.33. The van der Waals surface area contributed by atoms with Gasteiger partial charge in [-0.2, -0.15) is 18.8 Å². The summed E-state index contributed by atoms with van der Waals surface area (Å²) < 4.78 is 51.0. The number of nitrogens with zero attached hydrogens (tertiary/aromatic N) is 5. The SMILES string of the molecule is C[C@H]1Oc2nc(cnc2N)-c2c(nn(C)c2C#N)NS(=O)(=O)Nc2ccc(F)cc21. The van der Waals surface area contributed by atoms with E-state index >= 15 is 0 Å². The van der Waals surface area contributed by atoms with Crippen molar-refractivity contribution in [2.45, 2.75) is 13.0 Å². The number of aryl methyl sites for hydroxylation is 1. The second kappa shape index (κ2) is 6.85. The highest BCUT2D eigenvalue weighted by atomic mass is 32.2. The number of nitriles is 1. The summed E-state index contributed by atoms with van der Waals surface area (Å²) in [5, 5.41) is 13.6. The third kappa shape index (κ3) is 3.33. The van der Waals surface area contributed by atoms with Crippen LogP contribution in [0.5, 0.6) is 5.88 Å². The van der Waals surface area contributed by atoms with Gasteiger partial charge in [0, 0.05) is 12.6 Å². The van der Waals surface area contributed by atoms with Gasteiger partial charge in [0.15, 0.2) is 11.6 Å². The molecule has 0 saturated heterocycles. The van der Waals surface area contributed by atoms with Gasteiger partial charge in [-0.3, -0.25) is 9.40 Å². The standard InChI is InChI=1S/C17H15FN8O3S/c1-8-10-5-9(18)3-4-11(10)24-30(27,28)25-16-14(13(6-19)26(2)23-16)12-7-21-15(20)17(22-12)29-8/h3-5,7-8,24H,1-2H3,(H2,20,21)(H,23,25)/t8-/m1/s1. The summed E-state index contributed by atoms with van der Waals surface area (Å²) in [6.07, 6.45) is 0.434. The molecule has 3 heterocycles. The molecule has 2 bridgehead atoms. The number of aromatic nitrogens is 4. The molecule has 0 amide bonds. The molecule has 0 spiro atoms. The average Bonchev–Trinajstić information content (AvgIpc) is 2.98. The van der Waals surface area contributed by atoms with Crippen LogP contribution in [0.25, 0.3) is 11.3 Å². The van der Waals surface area contributed by atoms with Gasteiger partial charge in [-0.05, 0) is 25.1 Å². The fourth-order valence-electron chi connectivity index (χ4n) is 3.05. The van der Waals surface area contributed by atoms with Gasteiger partial charge in [0.25, 0.3) is 5.88 Å². The topological polar surface area (TPSA) is 161 Å². The number of rotatable bonds is 0. The molecule has 154 valence electrons. The minimum absolute atomic E-state index is 0.0295. The van der Waals surface area contributed by atoms with Crippen molar-refractivity contribution in [3.05, 3.63) is 41.5 Å². The number of nitrogens with two attached hydrogens (primary N) is 1. The van der Waals surface area contributed by atoms with Crippen LogP contribution in [0.15, 0.2) is 24.4 Å². The zero-order valence-electron chi connectivity index (χ0n) is 15.7. The van der Waals surface area contributed by atoms with Gasteiger partial charge in [-0.15, -0.1) is 0 Å². The van der Waals surface area contributed by atoms with Crippen molar-refractivity contribution in [2.75, 3.05) is 15.2 Å². The lowest BCUT2D eigenvalue weighted by atomic mass is 10.1. The largest absolute Gasteiger partial charge is 0.467 e. The highest BCUT2D eigenvalue weighted by molar-refractivity contribution is 7.94. The highest BCUT2D eigenvalue weighted by Gasteiger charge is 2.27. The van der Waals surface area contributed by atoms with Crippen molar-refractivity contribution in [1.82, 2.24) is 19.7 Å². The number of nitrogens with one attached hydrogen (secondary N) is 2. The Morgan fingerprint density at radius 1 is 1.37 bits per heavy atom. The normalized spacial score (nSPS) is 16.9. The van der Waals surface area contributed by atoms with Crippen molar-refractivity contribution in [3.8, 4) is 23.2 Å². The maximum absolute atomic E-state index is 13.9. The van der Waals surface area contributed by atoms with E-state index in [1.807, 2.05) is 6.07 Å². The summed E-state index contributed by atoms with van der Waals surface area (Å²) in [6, 6.07) is 5.47. The molecule has 0 aliphatic carbocycles. The van der Waals surface area contributed by atoms with E-state index < -0.39 is 22.1 Å². The average molecular weight is 430 g/mol. The van der Waals surface area contributed by atoms with Crippen LogP contribution in [0.2, 0.25) is 0 Å². The zero-order valence-corrected chi connectivity index (χ0v) is 16.5. The summed E-state index contributed by atoms with van der Waals surface area (Å²) in [7, 11) is -2.74. The van der Waals surface area contributed by atoms with E-state index in [1.165, 1.54) is 24.0 Å². The van der Waals surface area contributed by atoms with Crippen LogP contribution >= 0.6 is 0 Å². The fourth-order valence-corrected chi connectivity index (χ4v) is 3.97. The summed E-state index contributed by atoms with van der Waals surface area (Å²) >= 11 is 0. The number of hydrogen-bond acceptors (Lipinski definition) is 8. The predicted octanol–water partition coefficient (Wildman–Crippen LogP) is 1.69. The van der Waals surface area contributed by atoms with Crippen LogP contribution in [-0.2, 0) is 17.3 Å². The lowest BCUT2D eigenvalue weighted by Crippen LogP contribution is -2.24. The van der Waals surface area contributed by atoms with Crippen LogP contribution in [0, 0.1) is 17.1 Å². The first-order valence-corrected chi connectivity index (χ1v) is 10.0. The molecule has 4 rings (SSSR count). The lowest BCUT2D eigenvalue weighted by molar-refractivity contribution is 0.218. The molecular formula is C17H15FN8O3S. The third-order valence-corrected chi connectivity index (χ3v) is 5.34. The molecule has 11 nitrogen and oxygen atoms in total. The van der Waals surface area contributed by atoms with E-state index in [-0.39, 0.29) is 45.7 Å². The van der Waals surface area contributed by atoms with Crippen molar-refractivity contribution < 1.29 is 17.5 Å². The number of nitrogen functional groups attached to an aromatic ring is 1. The Balaban J connectivity index is 2.00. The first kappa shape index (κ1) is 19.4. The molecule has 0 radical (unpaired) electrons. The molecule has 30 heavy (non-hydrogen) atoms. The van der Waals surface area contributed by atoms with E-state index in [0.29, 0.717) is 0 Å². The summed E-state index contributed by atoms with van der Waals surface area (Å²) in [5.74, 6) is -0.818. The number of hydrogen-bond donors (Lipinski definition) is 3. The third-order valence-electron chi connectivity index (χ3n) is 4.39. The Labute approximate surface area is 170 Å². The first-order chi connectivity index (χ1) is 14.2. The van der Waals surface area contributed by atoms with Gasteiger partial charge < -0.3 is 10.5 Å². The van der Waals surface area contributed by atoms with E-state index in [4.69, 9.17) is 10.5 Å². The minimum atomic E-state index is -4.22. The van der Waals surface area contributed by atoms with E-state index in [9.17, 15) is 18.1 Å². The first-order valence-electron chi connectivity index (χ1n) is 8.55. The Morgan fingerprint density at radius 2 is 2.13 bits per heavy atom. The summed E-state index contributed by atoms with van der Waals surface area (Å²) in [6.45, 7) is 1.58. The van der Waals surface area contributed by atoms with Gasteiger partial charge in [0.2, 0.25) is 0 Å². The highest BCUT2D eigenvalue weighted by Crippen LogP contribution is 2.35. The second-order valence-electron chi connectivity index (χ2n) is 6.45. The van der Waals surface area contributed by atoms with Gasteiger partial charge in [0.05, 0.1) is 23.1 Å². The molecule has 1 aromatic carbocycles. The quantitative estimate of drug-likeness (QED) is 0.485. The number of benzene rings is 1. The van der Waals surface area contributed by atoms with Gasteiger partial charge >= 0.3 is 10.2 Å². The second-order valence-corrected chi connectivity index (χ2v) is 7.87. The number of halogens is 1. The molecule has 0 unspecified atom stereocenters. The molecule has 1 aliphatic rings. The Morgan fingerprint density at radius 3 is 2.87 bits per heavy atom. The number of fused-ring (bicyclic) bond motifs is 5. The van der Waals surface area contributed by atoms with Gasteiger partial charge in [0.1, 0.15) is 23.7 Å². The van der Waals surface area contributed by atoms with Crippen molar-refractivity contribution in [3.63, 3.8) is 0 Å². The Bertz CT molecular complexity index is 1320. The maximum Gasteiger partial charge on any atom is 0.322 e. The monoisotopic (exact) mass is 430 g/mol. The molecule has 1 aliphatic heterocycles. The molecule has 1 atom stereocenters. The molecular weight excluding hydrogens is 415 g/mol. The number of ether oxygens (including phenoxy) is 1. The van der Waals surface area contributed by atoms with Gasteiger partial charge in [-0.25, -0.2) is 19.1 Å². The minimum Gasteiger partial charge on any atom is -0.467 e. The Hall–Kier alpha value is -3.92. The van der Waals surface area contributed by atoms with E-state index in [0.717, 1.165) is 12.1 Å². The van der Waals surface area contributed by atoms with Crippen molar-refractivity contribution in [2.24, 2.45) is 7.05 Å². The maximum atomic E-state index is 13.9. The number of anilines is 3. The lowest BCUT2D eigenvalue weighted by Gasteiger charge is -2.21.